The highest BCUT2D eigenvalue weighted by atomic mass is 16.5. The molecule has 1 heterocycles. The van der Waals surface area contributed by atoms with Crippen LogP contribution in [0.5, 0.6) is 17.2 Å². The molecule has 0 amide bonds. The summed E-state index contributed by atoms with van der Waals surface area (Å²) in [5.41, 5.74) is 0.906. The lowest BCUT2D eigenvalue weighted by Crippen LogP contribution is -2.00. The quantitative estimate of drug-likeness (QED) is 0.782. The standard InChI is InChI=1S/C13H15NO4/c1-8(15)18-13-7-14(2)10-6-12(17-4)11(16-3)5-9(10)13/h5-7H,1-4H3. The van der Waals surface area contributed by atoms with Crippen molar-refractivity contribution in [2.45, 2.75) is 6.92 Å². The van der Waals surface area contributed by atoms with E-state index >= 15 is 0 Å². The molecule has 0 bridgehead atoms. The summed E-state index contributed by atoms with van der Waals surface area (Å²) in [5, 5.41) is 0.811. The number of carbonyl (C=O) groups is 1. The number of hydrogen-bond donors (Lipinski definition) is 0. The average Bonchev–Trinajstić information content (AvgIpc) is 2.63. The van der Waals surface area contributed by atoms with E-state index in [0.717, 1.165) is 10.9 Å². The molecule has 0 unspecified atom stereocenters. The molecule has 1 aromatic heterocycles. The van der Waals surface area contributed by atoms with Crippen LogP contribution in [0.15, 0.2) is 18.3 Å². The highest BCUT2D eigenvalue weighted by Crippen LogP contribution is 2.37. The van der Waals surface area contributed by atoms with Gasteiger partial charge < -0.3 is 18.8 Å². The summed E-state index contributed by atoms with van der Waals surface area (Å²) >= 11 is 0. The predicted molar refractivity (Wildman–Crippen MR) is 67.3 cm³/mol. The van der Waals surface area contributed by atoms with E-state index in [1.165, 1.54) is 6.92 Å². The Morgan fingerprint density at radius 3 is 2.28 bits per heavy atom. The maximum atomic E-state index is 11.1. The minimum absolute atomic E-state index is 0.350. The Hall–Kier alpha value is -2.17. The van der Waals surface area contributed by atoms with Crippen LogP contribution in [-0.2, 0) is 11.8 Å². The first kappa shape index (κ1) is 12.3. The van der Waals surface area contributed by atoms with Crippen LogP contribution >= 0.6 is 0 Å². The maximum Gasteiger partial charge on any atom is 0.308 e. The van der Waals surface area contributed by atoms with Crippen LogP contribution in [0, 0.1) is 0 Å². The van der Waals surface area contributed by atoms with Crippen LogP contribution in [0.3, 0.4) is 0 Å². The molecule has 0 saturated heterocycles. The molecule has 2 aromatic rings. The number of nitrogens with zero attached hydrogens (tertiary/aromatic N) is 1. The largest absolute Gasteiger partial charge is 0.493 e. The van der Waals surface area contributed by atoms with Crippen LogP contribution < -0.4 is 14.2 Å². The summed E-state index contributed by atoms with van der Waals surface area (Å²) in [6.45, 7) is 1.37. The van der Waals surface area contributed by atoms with E-state index in [0.29, 0.717) is 17.2 Å². The number of hydrogen-bond acceptors (Lipinski definition) is 4. The SMILES string of the molecule is COc1cc2c(OC(C)=O)cn(C)c2cc1OC. The van der Waals surface area contributed by atoms with Crippen molar-refractivity contribution in [3.8, 4) is 17.2 Å². The fourth-order valence-corrected chi connectivity index (χ4v) is 1.91. The van der Waals surface area contributed by atoms with Crippen molar-refractivity contribution in [2.75, 3.05) is 14.2 Å². The number of ether oxygens (including phenoxy) is 3. The Labute approximate surface area is 105 Å². The Balaban J connectivity index is 2.66. The van der Waals surface area contributed by atoms with Gasteiger partial charge in [0, 0.05) is 31.6 Å². The second-order valence-electron chi connectivity index (χ2n) is 3.92. The molecular weight excluding hydrogens is 234 g/mol. The van der Waals surface area contributed by atoms with Gasteiger partial charge in [0.1, 0.15) is 0 Å². The third-order valence-corrected chi connectivity index (χ3v) is 2.71. The normalized spacial score (nSPS) is 10.4. The molecule has 0 fully saturated rings. The third kappa shape index (κ3) is 1.99. The van der Waals surface area contributed by atoms with Crippen molar-refractivity contribution < 1.29 is 19.0 Å². The monoisotopic (exact) mass is 249 g/mol. The molecule has 0 N–H and O–H groups in total. The van der Waals surface area contributed by atoms with Crippen molar-refractivity contribution in [3.63, 3.8) is 0 Å². The number of aromatic nitrogens is 1. The van der Waals surface area contributed by atoms with Gasteiger partial charge in [-0.05, 0) is 6.07 Å². The van der Waals surface area contributed by atoms with Gasteiger partial charge in [-0.2, -0.15) is 0 Å². The summed E-state index contributed by atoms with van der Waals surface area (Å²) in [4.78, 5) is 11.1. The lowest BCUT2D eigenvalue weighted by molar-refractivity contribution is -0.131. The lowest BCUT2D eigenvalue weighted by atomic mass is 10.2. The minimum Gasteiger partial charge on any atom is -0.493 e. The predicted octanol–water partition coefficient (Wildman–Crippen LogP) is 2.12. The van der Waals surface area contributed by atoms with Gasteiger partial charge in [-0.25, -0.2) is 0 Å². The van der Waals surface area contributed by atoms with E-state index in [1.807, 2.05) is 17.7 Å². The van der Waals surface area contributed by atoms with Crippen LogP contribution in [0.25, 0.3) is 10.9 Å². The van der Waals surface area contributed by atoms with Crippen molar-refractivity contribution >= 4 is 16.9 Å². The van der Waals surface area contributed by atoms with E-state index in [2.05, 4.69) is 0 Å². The van der Waals surface area contributed by atoms with Gasteiger partial charge in [0.25, 0.3) is 0 Å². The fourth-order valence-electron chi connectivity index (χ4n) is 1.91. The molecule has 2 rings (SSSR count). The summed E-state index contributed by atoms with van der Waals surface area (Å²) in [7, 11) is 5.03. The number of aryl methyl sites for hydroxylation is 1. The van der Waals surface area contributed by atoms with E-state index in [9.17, 15) is 4.79 Å². The van der Waals surface area contributed by atoms with E-state index < -0.39 is 0 Å². The number of methoxy groups -OCH3 is 2. The van der Waals surface area contributed by atoms with Crippen molar-refractivity contribution in [3.05, 3.63) is 18.3 Å². The van der Waals surface area contributed by atoms with Gasteiger partial charge >= 0.3 is 5.97 Å². The second-order valence-corrected chi connectivity index (χ2v) is 3.92. The summed E-state index contributed by atoms with van der Waals surface area (Å²) < 4.78 is 17.5. The number of esters is 1. The molecule has 5 heteroatoms. The average molecular weight is 249 g/mol. The second kappa shape index (κ2) is 4.60. The summed E-state index contributed by atoms with van der Waals surface area (Å²) in [6.07, 6.45) is 1.75. The van der Waals surface area contributed by atoms with Gasteiger partial charge in [-0.1, -0.05) is 0 Å². The first-order chi connectivity index (χ1) is 8.56. The topological polar surface area (TPSA) is 49.7 Å². The molecule has 0 aliphatic heterocycles. The van der Waals surface area contributed by atoms with Crippen molar-refractivity contribution in [2.24, 2.45) is 7.05 Å². The zero-order valence-electron chi connectivity index (χ0n) is 10.8. The van der Waals surface area contributed by atoms with E-state index in [4.69, 9.17) is 14.2 Å². The van der Waals surface area contributed by atoms with Gasteiger partial charge in [0.15, 0.2) is 17.2 Å². The smallest absolute Gasteiger partial charge is 0.308 e. The van der Waals surface area contributed by atoms with Gasteiger partial charge in [-0.3, -0.25) is 4.79 Å². The van der Waals surface area contributed by atoms with Gasteiger partial charge in [0.05, 0.1) is 19.7 Å². The van der Waals surface area contributed by atoms with Crippen LogP contribution in [0.2, 0.25) is 0 Å². The van der Waals surface area contributed by atoms with E-state index in [1.54, 1.807) is 26.5 Å². The highest BCUT2D eigenvalue weighted by molar-refractivity contribution is 5.91. The van der Waals surface area contributed by atoms with Crippen LogP contribution in [0.4, 0.5) is 0 Å². The Morgan fingerprint density at radius 1 is 1.11 bits per heavy atom. The van der Waals surface area contributed by atoms with Crippen LogP contribution in [0.1, 0.15) is 6.92 Å². The molecule has 18 heavy (non-hydrogen) atoms. The van der Waals surface area contributed by atoms with Gasteiger partial charge in [-0.15, -0.1) is 0 Å². The highest BCUT2D eigenvalue weighted by Gasteiger charge is 2.14. The molecule has 1 aromatic carbocycles. The Morgan fingerprint density at radius 2 is 1.72 bits per heavy atom. The zero-order chi connectivity index (χ0) is 13.3. The number of benzene rings is 1. The first-order valence-electron chi connectivity index (χ1n) is 5.46. The molecule has 0 atom stereocenters. The third-order valence-electron chi connectivity index (χ3n) is 2.71. The maximum absolute atomic E-state index is 11.1. The molecular formula is C13H15NO4. The van der Waals surface area contributed by atoms with Crippen molar-refractivity contribution in [1.82, 2.24) is 4.57 Å². The molecule has 96 valence electrons. The molecule has 0 spiro atoms. The fraction of sp³-hybridized carbons (Fsp3) is 0.308. The lowest BCUT2D eigenvalue weighted by Gasteiger charge is -2.08. The number of carbonyl (C=O) groups excluding carboxylic acids is 1. The Bertz CT molecular complexity index is 601. The van der Waals surface area contributed by atoms with Crippen LogP contribution in [-0.4, -0.2) is 24.8 Å². The number of fused-ring (bicyclic) bond motifs is 1. The zero-order valence-corrected chi connectivity index (χ0v) is 10.8. The van der Waals surface area contributed by atoms with Crippen molar-refractivity contribution in [1.29, 1.82) is 0 Å². The Kier molecular flexibility index (Phi) is 3.14. The van der Waals surface area contributed by atoms with E-state index in [-0.39, 0.29) is 5.97 Å². The molecule has 5 nitrogen and oxygen atoms in total. The molecule has 0 aliphatic carbocycles. The van der Waals surface area contributed by atoms with Gasteiger partial charge in [0.2, 0.25) is 0 Å². The summed E-state index contributed by atoms with van der Waals surface area (Å²) in [6, 6.07) is 3.65. The minimum atomic E-state index is -0.350. The summed E-state index contributed by atoms with van der Waals surface area (Å²) in [5.74, 6) is 1.41. The number of rotatable bonds is 3. The molecule has 0 aliphatic rings. The molecule has 0 radical (unpaired) electrons. The first-order valence-corrected chi connectivity index (χ1v) is 5.46. The molecule has 0 saturated carbocycles.